The van der Waals surface area contributed by atoms with E-state index in [1.54, 1.807) is 0 Å². The zero-order chi connectivity index (χ0) is 92.1. The third kappa shape index (κ3) is 100. The number of aliphatic hydroxyl groups is 2. The summed E-state index contributed by atoms with van der Waals surface area (Å²) < 4.78 is 61.6. The Morgan fingerprint density at radius 3 is 0.622 bits per heavy atom. The van der Waals surface area contributed by atoms with Crippen LogP contribution in [0.15, 0.2) is 219 Å². The van der Waals surface area contributed by atoms with Gasteiger partial charge in [-0.15, -0.1) is 0 Å². The minimum absolute atomic E-state index is 0.0683. The predicted molar refractivity (Wildman–Crippen MR) is 537 cm³/mol. The fourth-order valence-electron chi connectivity index (χ4n) is 13.2. The molecule has 4 N–H and O–H groups in total. The van der Waals surface area contributed by atoms with Gasteiger partial charge in [-0.25, -0.2) is 9.13 Å². The molecule has 16 nitrogen and oxygen atoms in total. The van der Waals surface area contributed by atoms with Crippen molar-refractivity contribution in [1.29, 1.82) is 0 Å². The van der Waals surface area contributed by atoms with E-state index < -0.39 is 91.5 Å². The average Bonchev–Trinajstić information content (AvgIpc) is 0.899. The van der Waals surface area contributed by atoms with Gasteiger partial charge in [-0.3, -0.25) is 32.5 Å². The minimum atomic E-state index is -4.96. The number of phosphoric acid groups is 2. The molecular weight excluding hydrogens is 1630 g/mol. The van der Waals surface area contributed by atoms with E-state index in [1.807, 2.05) is 0 Å². The van der Waals surface area contributed by atoms with Gasteiger partial charge in [0, 0.05) is 19.3 Å². The van der Waals surface area contributed by atoms with E-state index in [-0.39, 0.29) is 19.3 Å². The van der Waals surface area contributed by atoms with Crippen molar-refractivity contribution in [2.45, 2.75) is 411 Å². The smallest absolute Gasteiger partial charge is 0.463 e. The molecule has 127 heavy (non-hydrogen) atoms. The van der Waals surface area contributed by atoms with Crippen LogP contribution in [0.3, 0.4) is 0 Å². The lowest BCUT2D eigenvalue weighted by Gasteiger charge is -2.21. The van der Waals surface area contributed by atoms with E-state index in [2.05, 4.69) is 240 Å². The van der Waals surface area contributed by atoms with Gasteiger partial charge in [-0.1, -0.05) is 419 Å². The van der Waals surface area contributed by atoms with Crippen molar-refractivity contribution >= 4 is 33.6 Å². The van der Waals surface area contributed by atoms with Crippen molar-refractivity contribution in [3.63, 3.8) is 0 Å². The third-order valence-corrected chi connectivity index (χ3v) is 22.6. The highest BCUT2D eigenvalue weighted by molar-refractivity contribution is 7.47. The Kier molecular flexibility index (Phi) is 94.1. The predicted octanol–water partition coefficient (Wildman–Crippen LogP) is 31.7. The van der Waals surface area contributed by atoms with Crippen LogP contribution in [0, 0.1) is 0 Å². The van der Waals surface area contributed by atoms with Crippen LogP contribution in [0.2, 0.25) is 0 Å². The molecule has 0 aromatic carbocycles. The van der Waals surface area contributed by atoms with Gasteiger partial charge in [0.2, 0.25) is 0 Å². The first-order valence-electron chi connectivity index (χ1n) is 50.0. The molecule has 18 heteroatoms. The molecule has 0 rings (SSSR count). The Hall–Kier alpha value is -6.13. The number of carbonyl (C=O) groups excluding carboxylic acids is 3. The molecule has 0 spiro atoms. The van der Waals surface area contributed by atoms with Crippen LogP contribution >= 0.6 is 15.6 Å². The summed E-state index contributed by atoms with van der Waals surface area (Å²) >= 11 is 0. The second-order valence-corrected chi connectivity index (χ2v) is 35.7. The summed E-state index contributed by atoms with van der Waals surface area (Å²) in [7, 11) is -9.83. The molecule has 0 fully saturated rings. The van der Waals surface area contributed by atoms with E-state index in [1.165, 1.54) is 141 Å². The summed E-state index contributed by atoms with van der Waals surface area (Å²) in [5.74, 6) is -1.60. The maximum absolute atomic E-state index is 13.1. The number of phosphoric ester groups is 2. The van der Waals surface area contributed by atoms with Crippen molar-refractivity contribution in [3.05, 3.63) is 219 Å². The lowest BCUT2D eigenvalue weighted by Crippen LogP contribution is -2.30. The standard InChI is InChI=1S/C109H180O16P2/c1-4-7-10-13-16-19-22-25-28-31-34-37-40-42-44-46-48-50-51-53-55-56-58-60-63-65-68-71-74-77-80-83-86-89-92-95-107(112)119-98-104(110)99-121-126(115,116)122-100-105(111)101-123-127(117,118)124-103-106(125-109(114)97-94-91-88-85-82-79-76-73-70-67-62-39-36-33-30-27-24-21-18-15-12-9-6-3)102-120-108(113)96-93-90-87-84-81-78-75-72-69-66-64-61-59-57-54-52-49-47-45-43-41-38-35-32-29-26-23-20-17-14-11-8-5-2/h7-12,16-21,25-30,34-39,42-45,48-50,52,67,70,76,79,104-106,110-111H,4-6,13-15,22-24,31-33,40-41,46-47,51,53-66,68-69,71-75,77-78,80-103H2,1-3H3,(H,115,116)(H,117,118)/b10-7-,11-8-,12-9-,19-16-,20-17-,21-18-,28-25-,29-26-,30-27-,37-34-,38-35-,39-36-,44-42-,45-43-,50-48-,52-49-,70-67-,79-76-. The molecule has 722 valence electrons. The Labute approximate surface area is 774 Å². The van der Waals surface area contributed by atoms with Crippen molar-refractivity contribution in [2.75, 3.05) is 39.6 Å². The molecule has 0 aliphatic carbocycles. The molecule has 0 saturated heterocycles. The lowest BCUT2D eigenvalue weighted by atomic mass is 10.0. The number of hydrogen-bond acceptors (Lipinski definition) is 14. The SMILES string of the molecule is CC/C=C\C/C=C\C/C=C\C/C=C\C/C=C\C/C=C\CCCCCCCCCCCCCCCCCCC(=O)OCC(O)COP(=O)(O)OCC(O)COP(=O)(O)OCC(COC(=O)CCCCCCCCCCCCCCCC/C=C\C/C=C\C/C=C\C/C=C\C/C=C\C/C=C\CC)OC(=O)CCCCCC/C=C\C/C=C\C/C=C\C/C=C\C/C=C\C/C=C\CC. The quantitative estimate of drug-likeness (QED) is 0.0146. The van der Waals surface area contributed by atoms with Gasteiger partial charge in [-0.2, -0.15) is 0 Å². The van der Waals surface area contributed by atoms with Gasteiger partial charge in [-0.05, 0) is 173 Å². The number of ether oxygens (including phenoxy) is 3. The molecule has 0 bridgehead atoms. The molecular formula is C109H180O16P2. The molecule has 0 aliphatic rings. The highest BCUT2D eigenvalue weighted by Gasteiger charge is 2.30. The number of allylic oxidation sites excluding steroid dienone is 36. The highest BCUT2D eigenvalue weighted by atomic mass is 31.2. The fourth-order valence-corrected chi connectivity index (χ4v) is 14.8. The van der Waals surface area contributed by atoms with Gasteiger partial charge >= 0.3 is 33.6 Å². The fraction of sp³-hybridized carbons (Fsp3) is 0.642. The number of hydrogen-bond donors (Lipinski definition) is 4. The van der Waals surface area contributed by atoms with Crippen molar-refractivity contribution in [3.8, 4) is 0 Å². The average molecular weight is 1810 g/mol. The van der Waals surface area contributed by atoms with Crippen LogP contribution in [-0.2, 0) is 55.8 Å². The van der Waals surface area contributed by atoms with Crippen LogP contribution in [0.5, 0.6) is 0 Å². The second-order valence-electron chi connectivity index (χ2n) is 32.8. The van der Waals surface area contributed by atoms with Crippen molar-refractivity contribution in [1.82, 2.24) is 0 Å². The normalized spacial score (nSPS) is 14.6. The zero-order valence-corrected chi connectivity index (χ0v) is 81.6. The summed E-state index contributed by atoms with van der Waals surface area (Å²) in [6, 6.07) is 0. The van der Waals surface area contributed by atoms with Crippen LogP contribution in [0.1, 0.15) is 393 Å². The Balaban J connectivity index is 4.60. The molecule has 5 atom stereocenters. The number of aliphatic hydroxyl groups excluding tert-OH is 2. The number of esters is 3. The Bertz CT molecular complexity index is 3190. The first-order chi connectivity index (χ1) is 62.2. The maximum atomic E-state index is 13.1. The Morgan fingerprint density at radius 1 is 0.220 bits per heavy atom. The minimum Gasteiger partial charge on any atom is -0.463 e. The van der Waals surface area contributed by atoms with Gasteiger partial charge in [0.15, 0.2) is 6.10 Å². The first-order valence-corrected chi connectivity index (χ1v) is 53.0. The zero-order valence-electron chi connectivity index (χ0n) is 79.9. The van der Waals surface area contributed by atoms with Crippen LogP contribution in [-0.4, -0.2) is 95.9 Å². The van der Waals surface area contributed by atoms with Gasteiger partial charge in [0.05, 0.1) is 26.4 Å². The molecule has 0 aromatic rings. The van der Waals surface area contributed by atoms with Crippen LogP contribution in [0.4, 0.5) is 0 Å². The topological polar surface area (TPSA) is 231 Å². The number of carbonyl (C=O) groups is 3. The Morgan fingerprint density at radius 2 is 0.394 bits per heavy atom. The van der Waals surface area contributed by atoms with Crippen LogP contribution in [0.25, 0.3) is 0 Å². The molecule has 0 aliphatic heterocycles. The highest BCUT2D eigenvalue weighted by Crippen LogP contribution is 2.45. The van der Waals surface area contributed by atoms with Crippen LogP contribution < -0.4 is 0 Å². The van der Waals surface area contributed by atoms with E-state index in [0.717, 1.165) is 193 Å². The van der Waals surface area contributed by atoms with Gasteiger partial charge in [0.1, 0.15) is 25.4 Å². The van der Waals surface area contributed by atoms with E-state index in [4.69, 9.17) is 32.3 Å². The van der Waals surface area contributed by atoms with Gasteiger partial charge < -0.3 is 34.2 Å². The van der Waals surface area contributed by atoms with Crippen molar-refractivity contribution in [2.24, 2.45) is 0 Å². The molecule has 0 amide bonds. The first kappa shape index (κ1) is 121. The molecule has 5 unspecified atom stereocenters. The second kappa shape index (κ2) is 98.9. The third-order valence-electron chi connectivity index (χ3n) is 20.7. The summed E-state index contributed by atoms with van der Waals surface area (Å²) in [6.45, 7) is 2.35. The number of unbranched alkanes of at least 4 members (excludes halogenated alkanes) is 34. The van der Waals surface area contributed by atoms with E-state index >= 15 is 0 Å². The summed E-state index contributed by atoms with van der Waals surface area (Å²) in [5, 5.41) is 20.8. The molecule has 0 heterocycles. The number of rotatable bonds is 93. The molecule has 0 saturated carbocycles. The monoisotopic (exact) mass is 1810 g/mol. The summed E-state index contributed by atoms with van der Waals surface area (Å²) in [6.07, 6.45) is 136. The molecule has 0 radical (unpaired) electrons. The lowest BCUT2D eigenvalue weighted by molar-refractivity contribution is -0.161. The summed E-state index contributed by atoms with van der Waals surface area (Å²) in [5.41, 5.74) is 0. The summed E-state index contributed by atoms with van der Waals surface area (Å²) in [4.78, 5) is 59.1. The maximum Gasteiger partial charge on any atom is 0.472 e. The van der Waals surface area contributed by atoms with E-state index in [9.17, 15) is 43.5 Å². The molecule has 0 aromatic heterocycles. The largest absolute Gasteiger partial charge is 0.472 e. The van der Waals surface area contributed by atoms with Gasteiger partial charge in [0.25, 0.3) is 0 Å². The van der Waals surface area contributed by atoms with E-state index in [0.29, 0.717) is 19.3 Å². The van der Waals surface area contributed by atoms with Crippen molar-refractivity contribution < 1.29 is 75.8 Å².